The van der Waals surface area contributed by atoms with Crippen LogP contribution in [0, 0.1) is 0 Å². The van der Waals surface area contributed by atoms with Gasteiger partial charge in [0.05, 0.1) is 0 Å². The maximum atomic E-state index is 3.61. The third-order valence-corrected chi connectivity index (χ3v) is 2.74. The molecule has 2 atom stereocenters. The van der Waals surface area contributed by atoms with Crippen LogP contribution in [0.3, 0.4) is 0 Å². The van der Waals surface area contributed by atoms with Gasteiger partial charge in [-0.25, -0.2) is 0 Å². The summed E-state index contributed by atoms with van der Waals surface area (Å²) >= 11 is 0. The van der Waals surface area contributed by atoms with Crippen LogP contribution in [0.25, 0.3) is 0 Å². The summed E-state index contributed by atoms with van der Waals surface area (Å²) in [5, 5.41) is 3.61. The molecule has 2 nitrogen and oxygen atoms in total. The minimum Gasteiger partial charge on any atom is -0.309 e. The molecule has 2 heterocycles. The van der Waals surface area contributed by atoms with E-state index < -0.39 is 0 Å². The van der Waals surface area contributed by atoms with E-state index in [-0.39, 0.29) is 0 Å². The second kappa shape index (κ2) is 4.83. The number of likely N-dealkylation sites (tertiary alicyclic amines) is 1. The van der Waals surface area contributed by atoms with Gasteiger partial charge in [0, 0.05) is 25.2 Å². The zero-order valence-electron chi connectivity index (χ0n) is 8.64. The van der Waals surface area contributed by atoms with Crippen LogP contribution in [0.4, 0.5) is 0 Å². The largest absolute Gasteiger partial charge is 0.309 e. The molecule has 72 valence electrons. The highest BCUT2D eigenvalue weighted by Crippen LogP contribution is 2.19. The van der Waals surface area contributed by atoms with Crippen molar-refractivity contribution in [1.29, 1.82) is 0 Å². The van der Waals surface area contributed by atoms with Gasteiger partial charge in [-0.1, -0.05) is 20.8 Å². The monoisotopic (exact) mass is 170 g/mol. The average Bonchev–Trinajstić information content (AvgIpc) is 2.49. The molecule has 0 saturated carbocycles. The molecule has 0 spiro atoms. The number of rotatable bonds is 1. The molecular weight excluding hydrogens is 148 g/mol. The second-order valence-corrected chi connectivity index (χ2v) is 3.49. The Morgan fingerprint density at radius 2 is 1.67 bits per heavy atom. The standard InChI is InChI=1S/C8H16N2.C2H6/c1-2-10-5-7-3-4-8(6-10)9-7;1-2/h7-9H,2-6H2,1H3;1-2H3. The van der Waals surface area contributed by atoms with E-state index in [1.807, 2.05) is 13.8 Å². The fraction of sp³-hybridized carbons (Fsp3) is 1.00. The summed E-state index contributed by atoms with van der Waals surface area (Å²) in [6, 6.07) is 1.64. The summed E-state index contributed by atoms with van der Waals surface area (Å²) in [5.74, 6) is 0. The summed E-state index contributed by atoms with van der Waals surface area (Å²) in [4.78, 5) is 2.55. The van der Waals surface area contributed by atoms with E-state index in [2.05, 4.69) is 17.1 Å². The van der Waals surface area contributed by atoms with Gasteiger partial charge in [0.25, 0.3) is 0 Å². The number of nitrogens with one attached hydrogen (secondary N) is 1. The molecule has 2 rings (SSSR count). The van der Waals surface area contributed by atoms with E-state index in [9.17, 15) is 0 Å². The van der Waals surface area contributed by atoms with E-state index in [1.165, 1.54) is 32.5 Å². The Morgan fingerprint density at radius 3 is 2.08 bits per heavy atom. The minimum absolute atomic E-state index is 0.818. The lowest BCUT2D eigenvalue weighted by molar-refractivity contribution is 0.205. The highest BCUT2D eigenvalue weighted by atomic mass is 15.2. The van der Waals surface area contributed by atoms with Crippen molar-refractivity contribution in [2.75, 3.05) is 19.6 Å². The fourth-order valence-corrected chi connectivity index (χ4v) is 2.15. The number of piperazine rings is 1. The second-order valence-electron chi connectivity index (χ2n) is 3.49. The summed E-state index contributed by atoms with van der Waals surface area (Å²) in [6.45, 7) is 10.1. The van der Waals surface area contributed by atoms with Crippen LogP contribution in [0.5, 0.6) is 0 Å². The number of hydrogen-bond donors (Lipinski definition) is 1. The Labute approximate surface area is 76.3 Å². The predicted octanol–water partition coefficient (Wildman–Crippen LogP) is 1.47. The Kier molecular flexibility index (Phi) is 4.02. The summed E-state index contributed by atoms with van der Waals surface area (Å²) in [5.41, 5.74) is 0. The fourth-order valence-electron chi connectivity index (χ4n) is 2.15. The molecule has 2 fully saturated rings. The van der Waals surface area contributed by atoms with Gasteiger partial charge >= 0.3 is 0 Å². The van der Waals surface area contributed by atoms with Crippen molar-refractivity contribution in [3.8, 4) is 0 Å². The van der Waals surface area contributed by atoms with Gasteiger partial charge in [-0.2, -0.15) is 0 Å². The van der Waals surface area contributed by atoms with Crippen LogP contribution < -0.4 is 5.32 Å². The Bertz CT molecular complexity index is 113. The summed E-state index contributed by atoms with van der Waals surface area (Å²) in [6.07, 6.45) is 2.81. The molecular formula is C10H22N2. The third-order valence-electron chi connectivity index (χ3n) is 2.74. The SMILES string of the molecule is CC.CCN1CC2CCC(C1)N2. The third kappa shape index (κ3) is 2.20. The first kappa shape index (κ1) is 10.0. The minimum atomic E-state index is 0.818. The van der Waals surface area contributed by atoms with Gasteiger partial charge in [-0.3, -0.25) is 0 Å². The van der Waals surface area contributed by atoms with E-state index >= 15 is 0 Å². The summed E-state index contributed by atoms with van der Waals surface area (Å²) in [7, 11) is 0. The molecule has 2 heteroatoms. The first-order chi connectivity index (χ1) is 5.88. The molecule has 2 aliphatic rings. The molecule has 0 radical (unpaired) electrons. The smallest absolute Gasteiger partial charge is 0.0198 e. The topological polar surface area (TPSA) is 15.3 Å². The van der Waals surface area contributed by atoms with Crippen molar-refractivity contribution in [2.45, 2.75) is 45.7 Å². The van der Waals surface area contributed by atoms with Gasteiger partial charge in [0.1, 0.15) is 0 Å². The van der Waals surface area contributed by atoms with Gasteiger partial charge in [0.15, 0.2) is 0 Å². The number of nitrogens with zero attached hydrogens (tertiary/aromatic N) is 1. The van der Waals surface area contributed by atoms with Crippen LogP contribution in [0.1, 0.15) is 33.6 Å². The zero-order valence-corrected chi connectivity index (χ0v) is 8.64. The maximum Gasteiger partial charge on any atom is 0.0198 e. The zero-order chi connectivity index (χ0) is 8.97. The molecule has 0 aromatic carbocycles. The van der Waals surface area contributed by atoms with Crippen molar-refractivity contribution in [2.24, 2.45) is 0 Å². The van der Waals surface area contributed by atoms with Gasteiger partial charge in [0.2, 0.25) is 0 Å². The molecule has 0 aromatic rings. The lowest BCUT2D eigenvalue weighted by Crippen LogP contribution is -2.50. The Hall–Kier alpha value is -0.0800. The van der Waals surface area contributed by atoms with Crippen molar-refractivity contribution in [3.05, 3.63) is 0 Å². The quantitative estimate of drug-likeness (QED) is 0.641. The van der Waals surface area contributed by atoms with Gasteiger partial charge < -0.3 is 10.2 Å². The predicted molar refractivity (Wildman–Crippen MR) is 53.4 cm³/mol. The van der Waals surface area contributed by atoms with E-state index in [1.54, 1.807) is 0 Å². The molecule has 2 unspecified atom stereocenters. The highest BCUT2D eigenvalue weighted by molar-refractivity contribution is 4.92. The van der Waals surface area contributed by atoms with Crippen LogP contribution >= 0.6 is 0 Å². The molecule has 2 bridgehead atoms. The normalized spacial score (nSPS) is 34.2. The van der Waals surface area contributed by atoms with Crippen molar-refractivity contribution >= 4 is 0 Å². The van der Waals surface area contributed by atoms with Crippen molar-refractivity contribution < 1.29 is 0 Å². The first-order valence-electron chi connectivity index (χ1n) is 5.37. The summed E-state index contributed by atoms with van der Waals surface area (Å²) < 4.78 is 0. The molecule has 0 amide bonds. The van der Waals surface area contributed by atoms with E-state index in [0.717, 1.165) is 12.1 Å². The van der Waals surface area contributed by atoms with E-state index in [0.29, 0.717) is 0 Å². The first-order valence-corrected chi connectivity index (χ1v) is 5.37. The number of hydrogen-bond acceptors (Lipinski definition) is 2. The van der Waals surface area contributed by atoms with Crippen molar-refractivity contribution in [3.63, 3.8) is 0 Å². The maximum absolute atomic E-state index is 3.61. The van der Waals surface area contributed by atoms with E-state index in [4.69, 9.17) is 0 Å². The van der Waals surface area contributed by atoms with Crippen LogP contribution in [0.2, 0.25) is 0 Å². The van der Waals surface area contributed by atoms with Crippen molar-refractivity contribution in [1.82, 2.24) is 10.2 Å². The van der Waals surface area contributed by atoms with Crippen LogP contribution in [-0.4, -0.2) is 36.6 Å². The molecule has 2 aliphatic heterocycles. The number of likely N-dealkylation sites (N-methyl/N-ethyl adjacent to an activating group) is 1. The van der Waals surface area contributed by atoms with Crippen LogP contribution in [-0.2, 0) is 0 Å². The molecule has 1 N–H and O–H groups in total. The Balaban J connectivity index is 0.000000336. The van der Waals surface area contributed by atoms with Crippen LogP contribution in [0.15, 0.2) is 0 Å². The highest BCUT2D eigenvalue weighted by Gasteiger charge is 2.30. The molecule has 0 aliphatic carbocycles. The Morgan fingerprint density at radius 1 is 1.17 bits per heavy atom. The number of fused-ring (bicyclic) bond motifs is 2. The lowest BCUT2D eigenvalue weighted by atomic mass is 10.2. The van der Waals surface area contributed by atoms with Gasteiger partial charge in [-0.15, -0.1) is 0 Å². The molecule has 0 aromatic heterocycles. The molecule has 12 heavy (non-hydrogen) atoms. The molecule has 2 saturated heterocycles. The van der Waals surface area contributed by atoms with Gasteiger partial charge in [-0.05, 0) is 19.4 Å². The average molecular weight is 170 g/mol. The lowest BCUT2D eigenvalue weighted by Gasteiger charge is -2.31.